The molecule has 0 bridgehead atoms. The summed E-state index contributed by atoms with van der Waals surface area (Å²) in [7, 11) is 3.62. The Balaban J connectivity index is 1.73. The largest absolute Gasteiger partial charge is 0.497 e. The minimum Gasteiger partial charge on any atom is -0.497 e. The lowest BCUT2D eigenvalue weighted by atomic mass is 9.94. The summed E-state index contributed by atoms with van der Waals surface area (Å²) in [5.41, 5.74) is 1.08. The molecule has 118 valence electrons. The second kappa shape index (κ2) is 6.42. The topological polar surface area (TPSA) is 34.5 Å². The van der Waals surface area contributed by atoms with Gasteiger partial charge in [0.1, 0.15) is 12.3 Å². The van der Waals surface area contributed by atoms with E-state index in [4.69, 9.17) is 4.74 Å². The van der Waals surface area contributed by atoms with Crippen LogP contribution in [-0.4, -0.2) is 35.6 Å². The zero-order valence-corrected chi connectivity index (χ0v) is 13.4. The van der Waals surface area contributed by atoms with Crippen molar-refractivity contribution in [3.05, 3.63) is 30.5 Å². The molecule has 0 N–H and O–H groups in total. The van der Waals surface area contributed by atoms with E-state index in [0.717, 1.165) is 29.5 Å². The van der Waals surface area contributed by atoms with E-state index in [1.54, 1.807) is 7.11 Å². The van der Waals surface area contributed by atoms with E-state index in [-0.39, 0.29) is 5.91 Å². The van der Waals surface area contributed by atoms with Gasteiger partial charge < -0.3 is 14.2 Å². The Labute approximate surface area is 131 Å². The van der Waals surface area contributed by atoms with Gasteiger partial charge >= 0.3 is 0 Å². The van der Waals surface area contributed by atoms with Crippen LogP contribution in [0.4, 0.5) is 0 Å². The van der Waals surface area contributed by atoms with Crippen molar-refractivity contribution in [2.75, 3.05) is 14.2 Å². The van der Waals surface area contributed by atoms with E-state index in [1.807, 2.05) is 47.0 Å². The molecular formula is C18H24N2O2. The standard InChI is InChI=1S/C18H24N2O2/c1-19(15-6-4-3-5-7-15)18(21)13-20-11-10-14-12-16(22-2)8-9-17(14)20/h8-12,15H,3-7,13H2,1-2H3. The summed E-state index contributed by atoms with van der Waals surface area (Å²) >= 11 is 0. The first-order valence-corrected chi connectivity index (χ1v) is 8.07. The van der Waals surface area contributed by atoms with Gasteiger partial charge in [-0.05, 0) is 37.1 Å². The number of aromatic nitrogens is 1. The van der Waals surface area contributed by atoms with Gasteiger partial charge in [-0.25, -0.2) is 0 Å². The van der Waals surface area contributed by atoms with Crippen LogP contribution in [0, 0.1) is 0 Å². The van der Waals surface area contributed by atoms with E-state index in [0.29, 0.717) is 12.6 Å². The van der Waals surface area contributed by atoms with Crippen molar-refractivity contribution < 1.29 is 9.53 Å². The molecule has 3 rings (SSSR count). The number of ether oxygens (including phenoxy) is 1. The normalized spacial score (nSPS) is 15.9. The average Bonchev–Trinajstić information content (AvgIpc) is 2.97. The van der Waals surface area contributed by atoms with Crippen LogP contribution in [0.3, 0.4) is 0 Å². The lowest BCUT2D eigenvalue weighted by Gasteiger charge is -2.31. The molecule has 1 fully saturated rings. The number of amides is 1. The molecule has 0 spiro atoms. The van der Waals surface area contributed by atoms with Crippen LogP contribution in [0.25, 0.3) is 10.9 Å². The van der Waals surface area contributed by atoms with Gasteiger partial charge in [-0.3, -0.25) is 4.79 Å². The SMILES string of the molecule is COc1ccc2c(ccn2CC(=O)N(C)C2CCCCC2)c1. The number of likely N-dealkylation sites (N-methyl/N-ethyl adjacent to an activating group) is 1. The number of benzene rings is 1. The molecule has 1 aliphatic carbocycles. The molecule has 0 saturated heterocycles. The summed E-state index contributed by atoms with van der Waals surface area (Å²) in [5.74, 6) is 1.04. The summed E-state index contributed by atoms with van der Waals surface area (Å²) < 4.78 is 7.27. The van der Waals surface area contributed by atoms with Crippen LogP contribution in [-0.2, 0) is 11.3 Å². The maximum Gasteiger partial charge on any atom is 0.242 e. The van der Waals surface area contributed by atoms with E-state index in [9.17, 15) is 4.79 Å². The predicted octanol–water partition coefficient (Wildman–Crippen LogP) is 3.44. The summed E-state index contributed by atoms with van der Waals surface area (Å²) in [4.78, 5) is 14.5. The molecule has 0 unspecified atom stereocenters. The molecule has 0 radical (unpaired) electrons. The number of carbonyl (C=O) groups is 1. The van der Waals surface area contributed by atoms with Crippen molar-refractivity contribution in [1.82, 2.24) is 9.47 Å². The number of nitrogens with zero attached hydrogens (tertiary/aromatic N) is 2. The van der Waals surface area contributed by atoms with E-state index in [2.05, 4.69) is 0 Å². The van der Waals surface area contributed by atoms with Crippen LogP contribution >= 0.6 is 0 Å². The van der Waals surface area contributed by atoms with Crippen molar-refractivity contribution in [3.63, 3.8) is 0 Å². The van der Waals surface area contributed by atoms with E-state index < -0.39 is 0 Å². The first-order chi connectivity index (χ1) is 10.7. The van der Waals surface area contributed by atoms with Gasteiger partial charge in [0, 0.05) is 30.2 Å². The molecule has 22 heavy (non-hydrogen) atoms. The number of hydrogen-bond acceptors (Lipinski definition) is 2. The molecule has 1 heterocycles. The van der Waals surface area contributed by atoms with Crippen LogP contribution in [0.15, 0.2) is 30.5 Å². The highest BCUT2D eigenvalue weighted by Crippen LogP contribution is 2.24. The zero-order chi connectivity index (χ0) is 15.5. The van der Waals surface area contributed by atoms with Crippen LogP contribution in [0.1, 0.15) is 32.1 Å². The van der Waals surface area contributed by atoms with Crippen LogP contribution < -0.4 is 4.74 Å². The third-order valence-corrected chi connectivity index (χ3v) is 4.80. The fourth-order valence-corrected chi connectivity index (χ4v) is 3.37. The second-order valence-corrected chi connectivity index (χ2v) is 6.16. The van der Waals surface area contributed by atoms with E-state index in [1.165, 1.54) is 19.3 Å². The second-order valence-electron chi connectivity index (χ2n) is 6.16. The summed E-state index contributed by atoms with van der Waals surface area (Å²) in [6.45, 7) is 0.406. The van der Waals surface area contributed by atoms with Gasteiger partial charge in [0.05, 0.1) is 7.11 Å². The van der Waals surface area contributed by atoms with Crippen LogP contribution in [0.5, 0.6) is 5.75 Å². The maximum atomic E-state index is 12.6. The minimum atomic E-state index is 0.195. The molecule has 1 aromatic carbocycles. The lowest BCUT2D eigenvalue weighted by molar-refractivity contribution is -0.133. The molecular weight excluding hydrogens is 276 g/mol. The van der Waals surface area contributed by atoms with Crippen LogP contribution in [0.2, 0.25) is 0 Å². The Hall–Kier alpha value is -1.97. The lowest BCUT2D eigenvalue weighted by Crippen LogP contribution is -2.40. The fraction of sp³-hybridized carbons (Fsp3) is 0.500. The van der Waals surface area contributed by atoms with Gasteiger partial charge in [-0.15, -0.1) is 0 Å². The molecule has 1 saturated carbocycles. The van der Waals surface area contributed by atoms with Crippen molar-refractivity contribution in [3.8, 4) is 5.75 Å². The first kappa shape index (κ1) is 14.9. The van der Waals surface area contributed by atoms with Crippen molar-refractivity contribution in [2.45, 2.75) is 44.7 Å². The Bertz CT molecular complexity index is 656. The monoisotopic (exact) mass is 300 g/mol. The summed E-state index contributed by atoms with van der Waals surface area (Å²) in [6, 6.07) is 8.41. The highest BCUT2D eigenvalue weighted by Gasteiger charge is 2.22. The van der Waals surface area contributed by atoms with Gasteiger partial charge in [0.15, 0.2) is 0 Å². The summed E-state index contributed by atoms with van der Waals surface area (Å²) in [5, 5.41) is 1.10. The third-order valence-electron chi connectivity index (χ3n) is 4.80. The highest BCUT2D eigenvalue weighted by atomic mass is 16.5. The van der Waals surface area contributed by atoms with Gasteiger partial charge in [-0.1, -0.05) is 19.3 Å². The minimum absolute atomic E-state index is 0.195. The Morgan fingerprint density at radius 1 is 1.27 bits per heavy atom. The molecule has 4 heteroatoms. The quantitative estimate of drug-likeness (QED) is 0.867. The van der Waals surface area contributed by atoms with Gasteiger partial charge in [0.25, 0.3) is 0 Å². The smallest absolute Gasteiger partial charge is 0.242 e. The molecule has 2 aromatic rings. The number of hydrogen-bond donors (Lipinski definition) is 0. The highest BCUT2D eigenvalue weighted by molar-refractivity contribution is 5.84. The molecule has 0 aliphatic heterocycles. The third kappa shape index (κ3) is 2.96. The van der Waals surface area contributed by atoms with Gasteiger partial charge in [0.2, 0.25) is 5.91 Å². The number of fused-ring (bicyclic) bond motifs is 1. The van der Waals surface area contributed by atoms with Crippen molar-refractivity contribution in [1.29, 1.82) is 0 Å². The predicted molar refractivity (Wildman–Crippen MR) is 88.1 cm³/mol. The Kier molecular flexibility index (Phi) is 4.36. The molecule has 0 atom stereocenters. The van der Waals surface area contributed by atoms with Gasteiger partial charge in [-0.2, -0.15) is 0 Å². The number of rotatable bonds is 4. The Morgan fingerprint density at radius 3 is 2.77 bits per heavy atom. The fourth-order valence-electron chi connectivity index (χ4n) is 3.37. The van der Waals surface area contributed by atoms with E-state index >= 15 is 0 Å². The zero-order valence-electron chi connectivity index (χ0n) is 13.4. The molecule has 1 aliphatic rings. The number of carbonyl (C=O) groups excluding carboxylic acids is 1. The first-order valence-electron chi connectivity index (χ1n) is 8.07. The van der Waals surface area contributed by atoms with Crippen molar-refractivity contribution in [2.24, 2.45) is 0 Å². The number of methoxy groups -OCH3 is 1. The maximum absolute atomic E-state index is 12.6. The summed E-state index contributed by atoms with van der Waals surface area (Å²) in [6.07, 6.45) is 8.07. The molecule has 1 amide bonds. The Morgan fingerprint density at radius 2 is 2.05 bits per heavy atom. The average molecular weight is 300 g/mol. The van der Waals surface area contributed by atoms with Crippen molar-refractivity contribution >= 4 is 16.8 Å². The molecule has 4 nitrogen and oxygen atoms in total. The molecule has 1 aromatic heterocycles.